The molecule has 0 spiro atoms. The van der Waals surface area contributed by atoms with E-state index in [1.54, 1.807) is 17.7 Å². The number of nitrogens with zero attached hydrogens (tertiary/aromatic N) is 5. The van der Waals surface area contributed by atoms with E-state index in [4.69, 9.17) is 10.3 Å². The molecule has 3 aromatic rings. The number of primary amides is 1. The van der Waals surface area contributed by atoms with Crippen LogP contribution in [0.2, 0.25) is 0 Å². The molecule has 0 atom stereocenters. The van der Waals surface area contributed by atoms with Crippen molar-refractivity contribution in [1.29, 1.82) is 0 Å². The van der Waals surface area contributed by atoms with Gasteiger partial charge in [0.25, 0.3) is 11.7 Å². The van der Waals surface area contributed by atoms with E-state index in [0.717, 1.165) is 42.0 Å². The van der Waals surface area contributed by atoms with Crippen molar-refractivity contribution in [2.45, 2.75) is 32.4 Å². The molecule has 9 nitrogen and oxygen atoms in total. The van der Waals surface area contributed by atoms with Crippen LogP contribution in [0.1, 0.15) is 34.2 Å². The summed E-state index contributed by atoms with van der Waals surface area (Å²) in [6.07, 6.45) is 3.60. The summed E-state index contributed by atoms with van der Waals surface area (Å²) in [6, 6.07) is 2.50. The van der Waals surface area contributed by atoms with Crippen molar-refractivity contribution in [2.24, 2.45) is 5.73 Å². The maximum atomic E-state index is 11.0. The Morgan fingerprint density at radius 1 is 1.42 bits per heavy atom. The number of thiophene rings is 1. The summed E-state index contributed by atoms with van der Waals surface area (Å²) in [7, 11) is 0. The van der Waals surface area contributed by atoms with Gasteiger partial charge < -0.3 is 20.5 Å². The van der Waals surface area contributed by atoms with E-state index >= 15 is 0 Å². The summed E-state index contributed by atoms with van der Waals surface area (Å²) < 4.78 is 5.01. The molecule has 1 aliphatic rings. The third-order valence-corrected chi connectivity index (χ3v) is 5.42. The Bertz CT molecular complexity index is 930. The van der Waals surface area contributed by atoms with E-state index in [-0.39, 0.29) is 5.82 Å². The van der Waals surface area contributed by atoms with Crippen molar-refractivity contribution in [3.8, 4) is 0 Å². The molecule has 3 N–H and O–H groups in total. The molecule has 0 saturated carbocycles. The first-order valence-corrected chi connectivity index (χ1v) is 9.23. The number of piperidine rings is 1. The van der Waals surface area contributed by atoms with Crippen molar-refractivity contribution < 1.29 is 9.32 Å². The molecule has 4 heterocycles. The SMILES string of the molecule is Cc1cc2c(N3CCC(NCc4nc(C(N)=O)no4)CC3)ncnc2s1. The van der Waals surface area contributed by atoms with E-state index in [2.05, 4.69) is 43.3 Å². The number of hydrogen-bond donors (Lipinski definition) is 2. The Morgan fingerprint density at radius 3 is 2.96 bits per heavy atom. The van der Waals surface area contributed by atoms with Gasteiger partial charge in [0.1, 0.15) is 17.0 Å². The summed E-state index contributed by atoms with van der Waals surface area (Å²) in [5.74, 6) is 0.608. The first-order valence-electron chi connectivity index (χ1n) is 8.42. The zero-order chi connectivity index (χ0) is 18.1. The molecule has 1 aliphatic heterocycles. The van der Waals surface area contributed by atoms with Gasteiger partial charge in [-0.15, -0.1) is 11.3 Å². The molecular formula is C16H19N7O2S. The molecule has 1 saturated heterocycles. The highest BCUT2D eigenvalue weighted by molar-refractivity contribution is 7.18. The van der Waals surface area contributed by atoms with Gasteiger partial charge in [-0.1, -0.05) is 5.16 Å². The lowest BCUT2D eigenvalue weighted by atomic mass is 10.0. The summed E-state index contributed by atoms with van der Waals surface area (Å²) in [4.78, 5) is 28.4. The molecule has 0 radical (unpaired) electrons. The largest absolute Gasteiger partial charge is 0.363 e. The third-order valence-electron chi connectivity index (χ3n) is 4.46. The van der Waals surface area contributed by atoms with Crippen LogP contribution in [0.4, 0.5) is 5.82 Å². The second-order valence-corrected chi connectivity index (χ2v) is 7.53. The van der Waals surface area contributed by atoms with Gasteiger partial charge in [-0.25, -0.2) is 9.97 Å². The lowest BCUT2D eigenvalue weighted by molar-refractivity contribution is 0.0987. The molecule has 26 heavy (non-hydrogen) atoms. The van der Waals surface area contributed by atoms with E-state index in [1.807, 2.05) is 0 Å². The van der Waals surface area contributed by atoms with Crippen LogP contribution in [0.15, 0.2) is 16.9 Å². The zero-order valence-corrected chi connectivity index (χ0v) is 15.1. The van der Waals surface area contributed by atoms with E-state index in [1.165, 1.54) is 4.88 Å². The first kappa shape index (κ1) is 16.9. The first-order chi connectivity index (χ1) is 12.6. The van der Waals surface area contributed by atoms with Crippen molar-refractivity contribution in [3.63, 3.8) is 0 Å². The maximum absolute atomic E-state index is 11.0. The number of carbonyl (C=O) groups is 1. The smallest absolute Gasteiger partial charge is 0.290 e. The number of aryl methyl sites for hydroxylation is 1. The summed E-state index contributed by atoms with van der Waals surface area (Å²) in [5, 5.41) is 8.07. The van der Waals surface area contributed by atoms with Gasteiger partial charge in [0, 0.05) is 24.0 Å². The number of carbonyl (C=O) groups excluding carboxylic acids is 1. The molecule has 10 heteroatoms. The molecular weight excluding hydrogens is 354 g/mol. The second-order valence-electron chi connectivity index (χ2n) is 6.29. The molecule has 3 aromatic heterocycles. The fourth-order valence-corrected chi connectivity index (χ4v) is 4.01. The van der Waals surface area contributed by atoms with Gasteiger partial charge >= 0.3 is 0 Å². The number of amides is 1. The fraction of sp³-hybridized carbons (Fsp3) is 0.438. The minimum absolute atomic E-state index is 0.0875. The van der Waals surface area contributed by atoms with Crippen LogP contribution in [0.25, 0.3) is 10.2 Å². The van der Waals surface area contributed by atoms with Crippen molar-refractivity contribution in [1.82, 2.24) is 25.4 Å². The highest BCUT2D eigenvalue weighted by atomic mass is 32.1. The van der Waals surface area contributed by atoms with Gasteiger partial charge in [0.2, 0.25) is 5.89 Å². The summed E-state index contributed by atoms with van der Waals surface area (Å²) in [5.41, 5.74) is 5.12. The van der Waals surface area contributed by atoms with Crippen LogP contribution >= 0.6 is 11.3 Å². The fourth-order valence-electron chi connectivity index (χ4n) is 3.17. The van der Waals surface area contributed by atoms with Gasteiger partial charge in [0.15, 0.2) is 0 Å². The number of anilines is 1. The van der Waals surface area contributed by atoms with Crippen LogP contribution in [-0.2, 0) is 6.54 Å². The predicted octanol–water partition coefficient (Wildman–Crippen LogP) is 1.24. The molecule has 1 fully saturated rings. The number of rotatable bonds is 5. The normalized spacial score (nSPS) is 15.7. The van der Waals surface area contributed by atoms with Gasteiger partial charge in [-0.2, -0.15) is 4.98 Å². The lowest BCUT2D eigenvalue weighted by Crippen LogP contribution is -2.42. The zero-order valence-electron chi connectivity index (χ0n) is 14.3. The van der Waals surface area contributed by atoms with Crippen LogP contribution in [0, 0.1) is 6.92 Å². The van der Waals surface area contributed by atoms with Crippen molar-refractivity contribution in [3.05, 3.63) is 29.0 Å². The van der Waals surface area contributed by atoms with Crippen LogP contribution in [-0.4, -0.2) is 45.1 Å². The number of nitrogens with one attached hydrogen (secondary N) is 1. The number of fused-ring (bicyclic) bond motifs is 1. The molecule has 0 unspecified atom stereocenters. The van der Waals surface area contributed by atoms with E-state index in [0.29, 0.717) is 18.5 Å². The molecule has 0 bridgehead atoms. The van der Waals surface area contributed by atoms with Gasteiger partial charge in [0.05, 0.1) is 11.9 Å². The Kier molecular flexibility index (Phi) is 4.51. The van der Waals surface area contributed by atoms with Crippen LogP contribution in [0.5, 0.6) is 0 Å². The molecule has 0 aromatic carbocycles. The molecule has 136 valence electrons. The molecule has 0 aliphatic carbocycles. The monoisotopic (exact) mass is 373 g/mol. The maximum Gasteiger partial charge on any atom is 0.290 e. The predicted molar refractivity (Wildman–Crippen MR) is 97.0 cm³/mol. The van der Waals surface area contributed by atoms with Crippen molar-refractivity contribution >= 4 is 33.3 Å². The highest BCUT2D eigenvalue weighted by Gasteiger charge is 2.22. The van der Waals surface area contributed by atoms with E-state index in [9.17, 15) is 4.79 Å². The van der Waals surface area contributed by atoms with Crippen LogP contribution < -0.4 is 16.0 Å². The second kappa shape index (κ2) is 6.96. The topological polar surface area (TPSA) is 123 Å². The van der Waals surface area contributed by atoms with Gasteiger partial charge in [-0.05, 0) is 25.8 Å². The van der Waals surface area contributed by atoms with Crippen molar-refractivity contribution in [2.75, 3.05) is 18.0 Å². The minimum atomic E-state index is -0.687. The lowest BCUT2D eigenvalue weighted by Gasteiger charge is -2.33. The van der Waals surface area contributed by atoms with E-state index < -0.39 is 5.91 Å². The third kappa shape index (κ3) is 3.37. The highest BCUT2D eigenvalue weighted by Crippen LogP contribution is 2.31. The average molecular weight is 373 g/mol. The molecule has 1 amide bonds. The Hall–Kier alpha value is -2.59. The Morgan fingerprint density at radius 2 is 2.23 bits per heavy atom. The molecule has 4 rings (SSSR count). The Labute approximate surface area is 153 Å². The summed E-state index contributed by atoms with van der Waals surface area (Å²) in [6.45, 7) is 4.34. The van der Waals surface area contributed by atoms with Gasteiger partial charge in [-0.3, -0.25) is 4.79 Å². The standard InChI is InChI=1S/C16H19N7O2S/c1-9-6-11-15(19-8-20-16(11)26-9)23-4-2-10(3-5-23)18-7-12-21-14(13(17)24)22-25-12/h6,8,10,18H,2-5,7H2,1H3,(H2,17,24). The number of aromatic nitrogens is 4. The van der Waals surface area contributed by atoms with Crippen LogP contribution in [0.3, 0.4) is 0 Å². The minimum Gasteiger partial charge on any atom is -0.363 e. The Balaban J connectivity index is 1.35. The average Bonchev–Trinajstić information content (AvgIpc) is 3.25. The number of nitrogens with two attached hydrogens (primary N) is 1. The quantitative estimate of drug-likeness (QED) is 0.685. The summed E-state index contributed by atoms with van der Waals surface area (Å²) >= 11 is 1.69. The number of hydrogen-bond acceptors (Lipinski definition) is 9.